The zero-order valence-corrected chi connectivity index (χ0v) is 15.1. The van der Waals surface area contributed by atoms with Crippen LogP contribution >= 0.6 is 0 Å². The number of ketones is 1. The van der Waals surface area contributed by atoms with Gasteiger partial charge >= 0.3 is 0 Å². The van der Waals surface area contributed by atoms with Crippen LogP contribution in [0.25, 0.3) is 17.0 Å². The number of para-hydroxylation sites is 1. The number of pyridine rings is 1. The van der Waals surface area contributed by atoms with Crippen molar-refractivity contribution < 1.29 is 18.3 Å². The van der Waals surface area contributed by atoms with Crippen molar-refractivity contribution in [2.75, 3.05) is 31.2 Å². The molecule has 0 amide bonds. The zero-order valence-electron chi connectivity index (χ0n) is 15.1. The highest BCUT2D eigenvalue weighted by Crippen LogP contribution is 2.26. The third kappa shape index (κ3) is 3.77. The summed E-state index contributed by atoms with van der Waals surface area (Å²) >= 11 is 0. The highest BCUT2D eigenvalue weighted by atomic mass is 19.2. The van der Waals surface area contributed by atoms with Gasteiger partial charge in [0.15, 0.2) is 17.4 Å². The molecular weight excluding hydrogens is 362 g/mol. The molecular formula is C22H18F2N2O2. The van der Waals surface area contributed by atoms with Crippen LogP contribution in [0.15, 0.2) is 54.6 Å². The first-order chi connectivity index (χ1) is 13.6. The molecule has 1 fully saturated rings. The normalized spacial score (nSPS) is 14.7. The molecule has 4 nitrogen and oxygen atoms in total. The number of allylic oxidation sites excluding steroid dienone is 1. The monoisotopic (exact) mass is 380 g/mol. The third-order valence-electron chi connectivity index (χ3n) is 4.66. The average molecular weight is 380 g/mol. The van der Waals surface area contributed by atoms with E-state index in [1.165, 1.54) is 12.1 Å². The van der Waals surface area contributed by atoms with Crippen LogP contribution in [0.5, 0.6) is 0 Å². The third-order valence-corrected chi connectivity index (χ3v) is 4.66. The van der Waals surface area contributed by atoms with Gasteiger partial charge in [-0.1, -0.05) is 18.2 Å². The van der Waals surface area contributed by atoms with E-state index < -0.39 is 17.4 Å². The molecule has 1 saturated heterocycles. The van der Waals surface area contributed by atoms with Gasteiger partial charge in [-0.05, 0) is 42.5 Å². The number of hydrogen-bond acceptors (Lipinski definition) is 4. The summed E-state index contributed by atoms with van der Waals surface area (Å²) in [5.74, 6) is -1.65. The number of carbonyl (C=O) groups excluding carboxylic acids is 1. The van der Waals surface area contributed by atoms with Gasteiger partial charge in [0.05, 0.1) is 18.7 Å². The Morgan fingerprint density at radius 3 is 2.61 bits per heavy atom. The quantitative estimate of drug-likeness (QED) is 0.501. The molecule has 0 N–H and O–H groups in total. The molecule has 0 atom stereocenters. The highest BCUT2D eigenvalue weighted by molar-refractivity contribution is 6.07. The van der Waals surface area contributed by atoms with Crippen molar-refractivity contribution in [2.45, 2.75) is 0 Å². The van der Waals surface area contributed by atoms with Crippen molar-refractivity contribution in [1.82, 2.24) is 4.98 Å². The Morgan fingerprint density at radius 2 is 1.82 bits per heavy atom. The number of aromatic nitrogens is 1. The lowest BCUT2D eigenvalue weighted by molar-refractivity contribution is 0.104. The fourth-order valence-corrected chi connectivity index (χ4v) is 3.18. The molecule has 0 spiro atoms. The number of benzene rings is 2. The molecule has 142 valence electrons. The molecule has 4 rings (SSSR count). The van der Waals surface area contributed by atoms with Crippen LogP contribution in [0.1, 0.15) is 15.9 Å². The van der Waals surface area contributed by atoms with Gasteiger partial charge in [-0.25, -0.2) is 13.8 Å². The molecule has 0 radical (unpaired) electrons. The molecule has 28 heavy (non-hydrogen) atoms. The largest absolute Gasteiger partial charge is 0.378 e. The molecule has 3 aromatic rings. The Labute approximate surface area is 161 Å². The molecule has 1 aromatic heterocycles. The van der Waals surface area contributed by atoms with E-state index in [1.54, 1.807) is 6.08 Å². The van der Waals surface area contributed by atoms with Crippen LogP contribution in [0, 0.1) is 11.6 Å². The van der Waals surface area contributed by atoms with Gasteiger partial charge in [0.25, 0.3) is 0 Å². The van der Waals surface area contributed by atoms with E-state index in [1.807, 2.05) is 30.3 Å². The first kappa shape index (κ1) is 18.3. The summed E-state index contributed by atoms with van der Waals surface area (Å²) in [6.07, 6.45) is 3.04. The Morgan fingerprint density at radius 1 is 1.04 bits per heavy atom. The zero-order chi connectivity index (χ0) is 19.5. The summed E-state index contributed by atoms with van der Waals surface area (Å²) in [4.78, 5) is 19.3. The smallest absolute Gasteiger partial charge is 0.185 e. The van der Waals surface area contributed by atoms with Crippen molar-refractivity contribution >= 4 is 28.6 Å². The summed E-state index contributed by atoms with van der Waals surface area (Å²) in [6.45, 7) is 2.66. The van der Waals surface area contributed by atoms with E-state index in [9.17, 15) is 13.6 Å². The number of fused-ring (bicyclic) bond motifs is 1. The van der Waals surface area contributed by atoms with E-state index in [0.717, 1.165) is 34.4 Å². The van der Waals surface area contributed by atoms with Crippen molar-refractivity contribution in [1.29, 1.82) is 0 Å². The second kappa shape index (κ2) is 7.86. The van der Waals surface area contributed by atoms with E-state index in [0.29, 0.717) is 26.3 Å². The maximum absolute atomic E-state index is 13.4. The van der Waals surface area contributed by atoms with Crippen LogP contribution in [0.3, 0.4) is 0 Å². The number of anilines is 1. The van der Waals surface area contributed by atoms with E-state index in [-0.39, 0.29) is 5.56 Å². The molecule has 1 aliphatic heterocycles. The number of morpholine rings is 1. The number of rotatable bonds is 4. The molecule has 2 aromatic carbocycles. The molecule has 0 aliphatic carbocycles. The number of nitrogens with zero attached hydrogens (tertiary/aromatic N) is 2. The topological polar surface area (TPSA) is 42.4 Å². The fraction of sp³-hybridized carbons (Fsp3) is 0.182. The average Bonchev–Trinajstić information content (AvgIpc) is 2.74. The minimum Gasteiger partial charge on any atom is -0.378 e. The van der Waals surface area contributed by atoms with Gasteiger partial charge in [0.2, 0.25) is 0 Å². The summed E-state index contributed by atoms with van der Waals surface area (Å²) in [6, 6.07) is 12.9. The summed E-state index contributed by atoms with van der Waals surface area (Å²) in [5.41, 5.74) is 1.75. The lowest BCUT2D eigenvalue weighted by Crippen LogP contribution is -2.37. The number of halogens is 2. The van der Waals surface area contributed by atoms with Crippen molar-refractivity contribution in [3.8, 4) is 0 Å². The Balaban J connectivity index is 1.70. The van der Waals surface area contributed by atoms with E-state index in [4.69, 9.17) is 9.72 Å². The first-order valence-electron chi connectivity index (χ1n) is 9.02. The van der Waals surface area contributed by atoms with Crippen molar-refractivity contribution in [3.63, 3.8) is 0 Å². The number of carbonyl (C=O) groups is 1. The lowest BCUT2D eigenvalue weighted by atomic mass is 10.1. The Kier molecular flexibility index (Phi) is 5.12. The predicted octanol–water partition coefficient (Wildman–Crippen LogP) is 4.25. The Bertz CT molecular complexity index is 1060. The number of ether oxygens (including phenoxy) is 1. The number of hydrogen-bond donors (Lipinski definition) is 0. The van der Waals surface area contributed by atoms with Crippen LogP contribution in [-0.4, -0.2) is 37.1 Å². The minimum atomic E-state index is -1.04. The van der Waals surface area contributed by atoms with Gasteiger partial charge in [-0.3, -0.25) is 4.79 Å². The molecule has 0 saturated carbocycles. The molecule has 2 heterocycles. The van der Waals surface area contributed by atoms with Gasteiger partial charge in [-0.2, -0.15) is 0 Å². The van der Waals surface area contributed by atoms with E-state index >= 15 is 0 Å². The van der Waals surface area contributed by atoms with Crippen molar-refractivity contribution in [3.05, 3.63) is 77.4 Å². The van der Waals surface area contributed by atoms with Gasteiger partial charge < -0.3 is 9.64 Å². The summed E-state index contributed by atoms with van der Waals surface area (Å²) < 4.78 is 31.9. The van der Waals surface area contributed by atoms with Crippen LogP contribution in [0.4, 0.5) is 14.6 Å². The SMILES string of the molecule is O=C(C=Cc1cc2ccccc2nc1N1CCOCC1)c1ccc(F)c(F)c1. The highest BCUT2D eigenvalue weighted by Gasteiger charge is 2.16. The van der Waals surface area contributed by atoms with Gasteiger partial charge in [-0.15, -0.1) is 0 Å². The minimum absolute atomic E-state index is 0.0943. The fourth-order valence-electron chi connectivity index (χ4n) is 3.18. The summed E-state index contributed by atoms with van der Waals surface area (Å²) in [5, 5.41) is 0.958. The standard InChI is InChI=1S/C22H18F2N2O2/c23-18-7-5-16(14-19(18)24)21(27)8-6-17-13-15-3-1-2-4-20(15)25-22(17)26-9-11-28-12-10-26/h1-8,13-14H,9-12H2. The van der Waals surface area contributed by atoms with Gasteiger partial charge in [0.1, 0.15) is 5.82 Å². The van der Waals surface area contributed by atoms with Crippen LogP contribution in [0.2, 0.25) is 0 Å². The molecule has 1 aliphatic rings. The maximum atomic E-state index is 13.4. The Hall–Kier alpha value is -3.12. The second-order valence-corrected chi connectivity index (χ2v) is 6.52. The van der Waals surface area contributed by atoms with Crippen LogP contribution in [-0.2, 0) is 4.74 Å². The second-order valence-electron chi connectivity index (χ2n) is 6.52. The first-order valence-corrected chi connectivity index (χ1v) is 9.02. The van der Waals surface area contributed by atoms with Crippen LogP contribution < -0.4 is 4.90 Å². The van der Waals surface area contributed by atoms with Gasteiger partial charge in [0, 0.05) is 29.6 Å². The molecule has 6 heteroatoms. The maximum Gasteiger partial charge on any atom is 0.185 e. The van der Waals surface area contributed by atoms with Crippen molar-refractivity contribution in [2.24, 2.45) is 0 Å². The molecule has 0 bridgehead atoms. The summed E-state index contributed by atoms with van der Waals surface area (Å²) in [7, 11) is 0. The lowest BCUT2D eigenvalue weighted by Gasteiger charge is -2.29. The predicted molar refractivity (Wildman–Crippen MR) is 104 cm³/mol. The molecule has 0 unspecified atom stereocenters. The van der Waals surface area contributed by atoms with E-state index in [2.05, 4.69) is 4.90 Å².